The molecule has 0 saturated heterocycles. The van der Waals surface area contributed by atoms with E-state index >= 15 is 0 Å². The van der Waals surface area contributed by atoms with Crippen LogP contribution in [0.25, 0.3) is 33.1 Å². The van der Waals surface area contributed by atoms with Crippen molar-refractivity contribution in [3.8, 4) is 11.3 Å². The Bertz CT molecular complexity index is 1320. The van der Waals surface area contributed by atoms with Crippen molar-refractivity contribution >= 4 is 27.7 Å². The number of hydrogen-bond acceptors (Lipinski definition) is 2. The number of furan rings is 1. The normalized spacial score (nSPS) is 18.2. The third-order valence-corrected chi connectivity index (χ3v) is 5.86. The van der Waals surface area contributed by atoms with Crippen LogP contribution in [0.3, 0.4) is 0 Å². The second-order valence-corrected chi connectivity index (χ2v) is 7.30. The molecule has 0 radical (unpaired) electrons. The van der Waals surface area contributed by atoms with E-state index in [-0.39, 0.29) is 11.8 Å². The Balaban J connectivity index is 1.82. The first kappa shape index (κ1) is 14.8. The monoisotopic (exact) mass is 351 g/mol. The van der Waals surface area contributed by atoms with Crippen molar-refractivity contribution in [1.29, 1.82) is 0 Å². The number of aromatic nitrogens is 1. The predicted molar refractivity (Wildman–Crippen MR) is 107 cm³/mol. The molecule has 3 heteroatoms. The standard InChI is InChI=1S/C24H17NO2/c1-14-20-19-13-7-12-17-16-10-5-6-11-18(16)24(26)25(21(17)19)22(20)23(27-14)15-8-3-2-4-9-15/h2-9,11-13,16H,10H2,1H3. The lowest BCUT2D eigenvalue weighted by atomic mass is 9.82. The van der Waals surface area contributed by atoms with Gasteiger partial charge < -0.3 is 4.42 Å². The molecule has 27 heavy (non-hydrogen) atoms. The third-order valence-electron chi connectivity index (χ3n) is 5.86. The van der Waals surface area contributed by atoms with Crippen molar-refractivity contribution in [1.82, 2.24) is 4.57 Å². The Morgan fingerprint density at radius 3 is 2.74 bits per heavy atom. The van der Waals surface area contributed by atoms with Crippen LogP contribution in [-0.4, -0.2) is 10.5 Å². The van der Waals surface area contributed by atoms with Gasteiger partial charge >= 0.3 is 0 Å². The first-order valence-corrected chi connectivity index (χ1v) is 9.29. The van der Waals surface area contributed by atoms with Crippen LogP contribution in [0.15, 0.2) is 76.7 Å². The zero-order valence-electron chi connectivity index (χ0n) is 14.9. The first-order valence-electron chi connectivity index (χ1n) is 9.29. The maximum absolute atomic E-state index is 13.5. The molecule has 1 atom stereocenters. The first-order chi connectivity index (χ1) is 13.3. The summed E-state index contributed by atoms with van der Waals surface area (Å²) in [7, 11) is 0. The number of allylic oxidation sites excluding steroid dienone is 4. The van der Waals surface area contributed by atoms with Crippen LogP contribution in [0, 0.1) is 6.92 Å². The molecular formula is C24H17NO2. The predicted octanol–water partition coefficient (Wildman–Crippen LogP) is 5.99. The van der Waals surface area contributed by atoms with Gasteiger partial charge in [0.25, 0.3) is 5.91 Å². The summed E-state index contributed by atoms with van der Waals surface area (Å²) in [5.41, 5.74) is 5.02. The summed E-state index contributed by atoms with van der Waals surface area (Å²) in [4.78, 5) is 13.5. The minimum absolute atomic E-state index is 0.0704. The van der Waals surface area contributed by atoms with E-state index in [0.717, 1.165) is 50.9 Å². The maximum Gasteiger partial charge on any atom is 0.259 e. The fourth-order valence-corrected chi connectivity index (χ4v) is 4.73. The van der Waals surface area contributed by atoms with Gasteiger partial charge in [-0.05, 0) is 18.9 Å². The zero-order valence-corrected chi connectivity index (χ0v) is 14.9. The number of carbonyl (C=O) groups excluding carboxylic acids is 1. The highest BCUT2D eigenvalue weighted by Crippen LogP contribution is 2.47. The number of fused-ring (bicyclic) bond motifs is 5. The molecule has 1 aliphatic heterocycles. The number of benzene rings is 2. The molecule has 0 amide bonds. The van der Waals surface area contributed by atoms with E-state index in [1.165, 1.54) is 5.56 Å². The van der Waals surface area contributed by atoms with E-state index in [1.807, 2.05) is 54.0 Å². The van der Waals surface area contributed by atoms with Crippen LogP contribution in [-0.2, 0) is 0 Å². The van der Waals surface area contributed by atoms with Gasteiger partial charge in [0.2, 0.25) is 0 Å². The van der Waals surface area contributed by atoms with Gasteiger partial charge in [0.05, 0.1) is 5.52 Å². The van der Waals surface area contributed by atoms with Crippen LogP contribution in [0.2, 0.25) is 0 Å². The molecule has 0 fully saturated rings. The summed E-state index contributed by atoms with van der Waals surface area (Å²) in [5.74, 6) is 1.84. The van der Waals surface area contributed by atoms with Gasteiger partial charge in [-0.15, -0.1) is 0 Å². The molecule has 3 nitrogen and oxygen atoms in total. The average Bonchev–Trinajstić information content (AvgIpc) is 3.23. The molecule has 6 rings (SSSR count). The minimum atomic E-state index is 0.0704. The minimum Gasteiger partial charge on any atom is -0.458 e. The van der Waals surface area contributed by atoms with Crippen LogP contribution >= 0.6 is 0 Å². The quantitative estimate of drug-likeness (QED) is 0.422. The van der Waals surface area contributed by atoms with Crippen LogP contribution in [0.4, 0.5) is 0 Å². The van der Waals surface area contributed by atoms with E-state index in [1.54, 1.807) is 0 Å². The molecule has 3 heterocycles. The van der Waals surface area contributed by atoms with Gasteiger partial charge in [0, 0.05) is 27.8 Å². The highest BCUT2D eigenvalue weighted by molar-refractivity contribution is 6.22. The van der Waals surface area contributed by atoms with Crippen molar-refractivity contribution in [2.45, 2.75) is 19.3 Å². The van der Waals surface area contributed by atoms with E-state index < -0.39 is 0 Å². The molecule has 2 aromatic heterocycles. The Hall–Kier alpha value is -3.33. The number of para-hydroxylation sites is 1. The largest absolute Gasteiger partial charge is 0.458 e. The number of aryl methyl sites for hydroxylation is 1. The van der Waals surface area contributed by atoms with Gasteiger partial charge in [-0.2, -0.15) is 0 Å². The smallest absolute Gasteiger partial charge is 0.259 e. The van der Waals surface area contributed by atoms with Gasteiger partial charge in [-0.25, -0.2) is 0 Å². The molecule has 0 saturated carbocycles. The van der Waals surface area contributed by atoms with Gasteiger partial charge in [-0.3, -0.25) is 9.36 Å². The molecule has 1 aliphatic carbocycles. The van der Waals surface area contributed by atoms with Crippen molar-refractivity contribution in [2.24, 2.45) is 0 Å². The average molecular weight is 351 g/mol. The van der Waals surface area contributed by atoms with Gasteiger partial charge in [0.15, 0.2) is 5.76 Å². The number of rotatable bonds is 1. The molecule has 1 unspecified atom stereocenters. The third kappa shape index (κ3) is 1.78. The highest BCUT2D eigenvalue weighted by Gasteiger charge is 2.36. The van der Waals surface area contributed by atoms with Crippen molar-refractivity contribution < 1.29 is 9.21 Å². The summed E-state index contributed by atoms with van der Waals surface area (Å²) in [6.07, 6.45) is 6.99. The van der Waals surface area contributed by atoms with Crippen molar-refractivity contribution in [3.05, 3.63) is 83.7 Å². The topological polar surface area (TPSA) is 35.1 Å². The van der Waals surface area contributed by atoms with E-state index in [9.17, 15) is 4.79 Å². The molecule has 2 aromatic carbocycles. The van der Waals surface area contributed by atoms with Gasteiger partial charge in [0.1, 0.15) is 11.3 Å². The lowest BCUT2D eigenvalue weighted by Gasteiger charge is -2.27. The summed E-state index contributed by atoms with van der Waals surface area (Å²) in [5, 5.41) is 2.15. The molecule has 4 aromatic rings. The summed E-state index contributed by atoms with van der Waals surface area (Å²) in [6, 6.07) is 16.4. The Morgan fingerprint density at radius 2 is 1.89 bits per heavy atom. The Morgan fingerprint density at radius 1 is 1.04 bits per heavy atom. The molecular weight excluding hydrogens is 334 g/mol. The number of hydrogen-bond donors (Lipinski definition) is 0. The fraction of sp³-hybridized carbons (Fsp3) is 0.125. The highest BCUT2D eigenvalue weighted by atomic mass is 16.3. The molecule has 0 spiro atoms. The summed E-state index contributed by atoms with van der Waals surface area (Å²) >= 11 is 0. The molecule has 0 N–H and O–H groups in total. The van der Waals surface area contributed by atoms with Crippen LogP contribution < -0.4 is 0 Å². The second kappa shape index (κ2) is 5.10. The Labute approximate surface area is 156 Å². The van der Waals surface area contributed by atoms with E-state index in [4.69, 9.17) is 4.42 Å². The van der Waals surface area contributed by atoms with Crippen LogP contribution in [0.5, 0.6) is 0 Å². The number of carbonyl (C=O) groups is 1. The van der Waals surface area contributed by atoms with Crippen LogP contribution in [0.1, 0.15) is 28.5 Å². The summed E-state index contributed by atoms with van der Waals surface area (Å²) in [6.45, 7) is 1.99. The van der Waals surface area contributed by atoms with E-state index in [0.29, 0.717) is 0 Å². The fourth-order valence-electron chi connectivity index (χ4n) is 4.73. The lowest BCUT2D eigenvalue weighted by molar-refractivity contribution is 0.0953. The number of nitrogens with zero attached hydrogens (tertiary/aromatic N) is 1. The zero-order chi connectivity index (χ0) is 18.1. The summed E-state index contributed by atoms with van der Waals surface area (Å²) < 4.78 is 8.07. The lowest BCUT2D eigenvalue weighted by Crippen LogP contribution is -2.25. The second-order valence-electron chi connectivity index (χ2n) is 7.30. The van der Waals surface area contributed by atoms with Gasteiger partial charge in [-0.1, -0.05) is 66.8 Å². The molecule has 130 valence electrons. The SMILES string of the molecule is Cc1oc(-c2ccccc2)c2c1c1cccc3c1n2C(=O)C1=CC=CCC13. The maximum atomic E-state index is 13.5. The molecule has 2 aliphatic rings. The Kier molecular flexibility index (Phi) is 2.80. The van der Waals surface area contributed by atoms with Crippen molar-refractivity contribution in [3.63, 3.8) is 0 Å². The van der Waals surface area contributed by atoms with Crippen molar-refractivity contribution in [2.75, 3.05) is 0 Å². The van der Waals surface area contributed by atoms with E-state index in [2.05, 4.69) is 24.3 Å². The molecule has 0 bridgehead atoms.